The van der Waals surface area contributed by atoms with E-state index in [9.17, 15) is 14.9 Å². The second kappa shape index (κ2) is 7.03. The minimum atomic E-state index is -0.452. The van der Waals surface area contributed by atoms with E-state index in [2.05, 4.69) is 17.4 Å². The first-order valence-electron chi connectivity index (χ1n) is 8.40. The van der Waals surface area contributed by atoms with Crippen molar-refractivity contribution in [2.75, 3.05) is 18.4 Å². The number of aryl methyl sites for hydroxylation is 2. The van der Waals surface area contributed by atoms with E-state index < -0.39 is 4.92 Å². The first-order chi connectivity index (χ1) is 11.9. The van der Waals surface area contributed by atoms with Gasteiger partial charge in [0.25, 0.3) is 11.6 Å². The van der Waals surface area contributed by atoms with Crippen LogP contribution in [0.15, 0.2) is 36.4 Å². The number of nitrogens with zero attached hydrogens (tertiary/aromatic N) is 1. The minimum Gasteiger partial charge on any atom is -0.323 e. The quantitative estimate of drug-likeness (QED) is 0.658. The number of amides is 1. The third kappa shape index (κ3) is 3.85. The van der Waals surface area contributed by atoms with Crippen molar-refractivity contribution in [3.63, 3.8) is 0 Å². The summed E-state index contributed by atoms with van der Waals surface area (Å²) >= 11 is 0. The number of nitro benzene ring substituents is 1. The number of hydrogen-bond donors (Lipinski definition) is 2. The van der Waals surface area contributed by atoms with Crippen molar-refractivity contribution in [2.24, 2.45) is 0 Å². The largest absolute Gasteiger partial charge is 0.323 e. The van der Waals surface area contributed by atoms with E-state index in [1.807, 2.05) is 26.0 Å². The van der Waals surface area contributed by atoms with Crippen molar-refractivity contribution in [3.8, 4) is 0 Å². The first kappa shape index (κ1) is 17.1. The van der Waals surface area contributed by atoms with Gasteiger partial charge < -0.3 is 10.2 Å². The van der Waals surface area contributed by atoms with Gasteiger partial charge in [0.15, 0.2) is 6.54 Å². The van der Waals surface area contributed by atoms with Gasteiger partial charge in [-0.1, -0.05) is 24.3 Å². The van der Waals surface area contributed by atoms with Crippen LogP contribution >= 0.6 is 0 Å². The van der Waals surface area contributed by atoms with Gasteiger partial charge in [0, 0.05) is 18.1 Å². The molecule has 0 fully saturated rings. The summed E-state index contributed by atoms with van der Waals surface area (Å²) in [5, 5.41) is 14.0. The number of carbonyl (C=O) groups is 1. The van der Waals surface area contributed by atoms with Crippen LogP contribution in [0.3, 0.4) is 0 Å². The maximum absolute atomic E-state index is 12.4. The van der Waals surface area contributed by atoms with Crippen molar-refractivity contribution in [3.05, 3.63) is 68.8 Å². The van der Waals surface area contributed by atoms with Crippen molar-refractivity contribution in [1.29, 1.82) is 0 Å². The third-order valence-electron chi connectivity index (χ3n) is 4.80. The average molecular weight is 340 g/mol. The van der Waals surface area contributed by atoms with E-state index in [1.165, 1.54) is 22.1 Å². The number of nitrogens with one attached hydrogen (secondary N) is 2. The molecule has 6 heteroatoms. The number of carbonyl (C=O) groups excluding carboxylic acids is 1. The first-order valence-corrected chi connectivity index (χ1v) is 8.40. The molecule has 0 radical (unpaired) electrons. The molecule has 2 N–H and O–H groups in total. The normalized spacial score (nSPS) is 16.2. The molecule has 0 saturated heterocycles. The van der Waals surface area contributed by atoms with Gasteiger partial charge in [-0.3, -0.25) is 14.9 Å². The summed E-state index contributed by atoms with van der Waals surface area (Å²) < 4.78 is 0. The van der Waals surface area contributed by atoms with Crippen LogP contribution in [0.1, 0.15) is 22.3 Å². The van der Waals surface area contributed by atoms with Crippen LogP contribution in [0.4, 0.5) is 11.4 Å². The molecule has 3 rings (SSSR count). The Morgan fingerprint density at radius 2 is 1.88 bits per heavy atom. The molecule has 2 aromatic rings. The van der Waals surface area contributed by atoms with Gasteiger partial charge in [-0.25, -0.2) is 0 Å². The molecule has 0 bridgehead atoms. The van der Waals surface area contributed by atoms with E-state index in [1.54, 1.807) is 6.07 Å². The van der Waals surface area contributed by atoms with E-state index in [4.69, 9.17) is 0 Å². The van der Waals surface area contributed by atoms with Crippen molar-refractivity contribution in [1.82, 2.24) is 0 Å². The van der Waals surface area contributed by atoms with Crippen molar-refractivity contribution in [2.45, 2.75) is 26.8 Å². The van der Waals surface area contributed by atoms with Crippen molar-refractivity contribution >= 4 is 17.3 Å². The number of quaternary nitrogens is 1. The second-order valence-corrected chi connectivity index (χ2v) is 6.63. The number of rotatable bonds is 4. The van der Waals surface area contributed by atoms with Crippen LogP contribution < -0.4 is 10.2 Å². The Morgan fingerprint density at radius 1 is 1.20 bits per heavy atom. The molecule has 1 aliphatic rings. The second-order valence-electron chi connectivity index (χ2n) is 6.63. The third-order valence-corrected chi connectivity index (χ3v) is 4.80. The molecule has 2 aromatic carbocycles. The molecule has 130 valence electrons. The number of anilines is 1. The van der Waals surface area contributed by atoms with Gasteiger partial charge in [0.1, 0.15) is 12.2 Å². The Morgan fingerprint density at radius 3 is 2.60 bits per heavy atom. The molecular formula is C19H22N3O3+. The fourth-order valence-electron chi connectivity index (χ4n) is 3.27. The number of fused-ring (bicyclic) bond motifs is 1. The van der Waals surface area contributed by atoms with Gasteiger partial charge in [0.2, 0.25) is 0 Å². The Balaban J connectivity index is 1.70. The van der Waals surface area contributed by atoms with Crippen LogP contribution in [0.5, 0.6) is 0 Å². The molecule has 1 atom stereocenters. The highest BCUT2D eigenvalue weighted by atomic mass is 16.6. The maximum atomic E-state index is 12.4. The Hall–Kier alpha value is -2.73. The lowest BCUT2D eigenvalue weighted by Crippen LogP contribution is -3.12. The standard InChI is InChI=1S/C19H21N3O3/c1-13-9-17(18(22(24)25)10-14(13)2)20-19(23)12-21-8-7-15-5-3-4-6-16(15)11-21/h3-6,9-10H,7-8,11-12H2,1-2H3,(H,20,23)/p+1. The predicted octanol–water partition coefficient (Wildman–Crippen LogP) is 1.79. The van der Waals surface area contributed by atoms with Crippen LogP contribution in [-0.2, 0) is 17.8 Å². The summed E-state index contributed by atoms with van der Waals surface area (Å²) in [5.41, 5.74) is 4.58. The molecule has 6 nitrogen and oxygen atoms in total. The molecular weight excluding hydrogens is 318 g/mol. The Labute approximate surface area is 146 Å². The fourth-order valence-corrected chi connectivity index (χ4v) is 3.27. The number of hydrogen-bond acceptors (Lipinski definition) is 3. The predicted molar refractivity (Wildman–Crippen MR) is 95.7 cm³/mol. The zero-order valence-electron chi connectivity index (χ0n) is 14.5. The smallest absolute Gasteiger partial charge is 0.293 e. The lowest BCUT2D eigenvalue weighted by molar-refractivity contribution is -0.907. The van der Waals surface area contributed by atoms with Crippen LogP contribution in [0.2, 0.25) is 0 Å². The molecule has 1 unspecified atom stereocenters. The van der Waals surface area contributed by atoms with Gasteiger partial charge >= 0.3 is 0 Å². The summed E-state index contributed by atoms with van der Waals surface area (Å²) in [6, 6.07) is 11.5. The summed E-state index contributed by atoms with van der Waals surface area (Å²) in [4.78, 5) is 24.4. The molecule has 1 amide bonds. The molecule has 0 aromatic heterocycles. The lowest BCUT2D eigenvalue weighted by atomic mass is 10.00. The van der Waals surface area contributed by atoms with E-state index in [-0.39, 0.29) is 17.3 Å². The van der Waals surface area contributed by atoms with E-state index in [0.717, 1.165) is 30.6 Å². The maximum Gasteiger partial charge on any atom is 0.293 e. The van der Waals surface area contributed by atoms with Crippen molar-refractivity contribution < 1.29 is 14.6 Å². The Bertz CT molecular complexity index is 833. The van der Waals surface area contributed by atoms with E-state index >= 15 is 0 Å². The SMILES string of the molecule is Cc1cc(NC(=O)C[NH+]2CCc3ccccc3C2)c([N+](=O)[O-])cc1C. The fraction of sp³-hybridized carbons (Fsp3) is 0.316. The Kier molecular flexibility index (Phi) is 4.81. The highest BCUT2D eigenvalue weighted by Gasteiger charge is 2.23. The highest BCUT2D eigenvalue weighted by Crippen LogP contribution is 2.27. The monoisotopic (exact) mass is 340 g/mol. The van der Waals surface area contributed by atoms with Crippen LogP contribution in [0.25, 0.3) is 0 Å². The topological polar surface area (TPSA) is 76.7 Å². The molecule has 0 saturated carbocycles. The van der Waals surface area contributed by atoms with Crippen LogP contribution in [-0.4, -0.2) is 23.9 Å². The van der Waals surface area contributed by atoms with Gasteiger partial charge in [-0.2, -0.15) is 0 Å². The molecule has 1 heterocycles. The molecule has 0 spiro atoms. The minimum absolute atomic E-state index is 0.0598. The zero-order valence-corrected chi connectivity index (χ0v) is 14.5. The lowest BCUT2D eigenvalue weighted by Gasteiger charge is -2.25. The summed E-state index contributed by atoms with van der Waals surface area (Å²) in [6.07, 6.45) is 0.947. The number of benzene rings is 2. The molecule has 1 aliphatic heterocycles. The molecule has 0 aliphatic carbocycles. The van der Waals surface area contributed by atoms with E-state index in [0.29, 0.717) is 6.54 Å². The molecule has 25 heavy (non-hydrogen) atoms. The zero-order chi connectivity index (χ0) is 18.0. The average Bonchev–Trinajstić information content (AvgIpc) is 2.57. The number of nitro groups is 1. The van der Waals surface area contributed by atoms with Gasteiger partial charge in [0.05, 0.1) is 11.5 Å². The summed E-state index contributed by atoms with van der Waals surface area (Å²) in [5.74, 6) is -0.194. The summed E-state index contributed by atoms with van der Waals surface area (Å²) in [7, 11) is 0. The summed E-state index contributed by atoms with van der Waals surface area (Å²) in [6.45, 7) is 5.70. The highest BCUT2D eigenvalue weighted by molar-refractivity contribution is 5.94. The van der Waals surface area contributed by atoms with Crippen LogP contribution in [0, 0.1) is 24.0 Å². The van der Waals surface area contributed by atoms with Gasteiger partial charge in [-0.15, -0.1) is 0 Å². The van der Waals surface area contributed by atoms with Gasteiger partial charge in [-0.05, 0) is 36.6 Å².